The molecule has 0 aliphatic carbocycles. The average molecular weight is 482 g/mol. The molecule has 170 valence electrons. The Morgan fingerprint density at radius 3 is 2.55 bits per heavy atom. The number of hydrogen-bond donors (Lipinski definition) is 2. The maximum atomic E-state index is 12.9. The van der Waals surface area contributed by atoms with Crippen LogP contribution in [0.2, 0.25) is 0 Å². The summed E-state index contributed by atoms with van der Waals surface area (Å²) in [7, 11) is 3.09. The Labute approximate surface area is 199 Å². The Morgan fingerprint density at radius 2 is 1.85 bits per heavy atom. The van der Waals surface area contributed by atoms with E-state index in [2.05, 4.69) is 15.3 Å². The standard InChI is InChI=1S/C24H23N3O4S2/c1-13-5-7-15(8-6-13)17-12-32-23-20(17)22(29)26-24(27-23)33-14(2)21(28)25-16-9-10-18(30-3)19(11-16)31-4/h5-12,14H,1-4H3,(H,25,28)(H,26,27,29). The number of nitrogens with zero attached hydrogens (tertiary/aromatic N) is 1. The molecule has 9 heteroatoms. The summed E-state index contributed by atoms with van der Waals surface area (Å²) >= 11 is 2.61. The number of methoxy groups -OCH3 is 2. The first-order valence-electron chi connectivity index (χ1n) is 10.2. The number of H-pyrrole nitrogens is 1. The lowest BCUT2D eigenvalue weighted by Gasteiger charge is -2.13. The molecule has 0 aliphatic rings. The van der Waals surface area contributed by atoms with E-state index >= 15 is 0 Å². The largest absolute Gasteiger partial charge is 0.493 e. The summed E-state index contributed by atoms with van der Waals surface area (Å²) in [5.74, 6) is 0.879. The fourth-order valence-corrected chi connectivity index (χ4v) is 5.11. The second kappa shape index (κ2) is 9.68. The highest BCUT2D eigenvalue weighted by molar-refractivity contribution is 8.00. The SMILES string of the molecule is COc1ccc(NC(=O)C(C)Sc2nc3scc(-c4ccc(C)cc4)c3c(=O)[nH]2)cc1OC. The van der Waals surface area contributed by atoms with Gasteiger partial charge in [-0.25, -0.2) is 4.98 Å². The molecule has 33 heavy (non-hydrogen) atoms. The quantitative estimate of drug-likeness (QED) is 0.282. The zero-order valence-corrected chi connectivity index (χ0v) is 20.2. The van der Waals surface area contributed by atoms with E-state index in [1.54, 1.807) is 32.2 Å². The van der Waals surface area contributed by atoms with E-state index in [9.17, 15) is 9.59 Å². The van der Waals surface area contributed by atoms with Gasteiger partial charge in [-0.1, -0.05) is 41.6 Å². The zero-order chi connectivity index (χ0) is 23.5. The first-order valence-corrected chi connectivity index (χ1v) is 11.9. The third-order valence-corrected chi connectivity index (χ3v) is 6.95. The summed E-state index contributed by atoms with van der Waals surface area (Å²) < 4.78 is 10.5. The second-order valence-corrected chi connectivity index (χ2v) is 9.57. The van der Waals surface area contributed by atoms with Gasteiger partial charge in [0.15, 0.2) is 16.7 Å². The molecule has 0 fully saturated rings. The summed E-state index contributed by atoms with van der Waals surface area (Å²) in [4.78, 5) is 33.6. The molecular formula is C24H23N3O4S2. The number of rotatable bonds is 7. The van der Waals surface area contributed by atoms with Crippen molar-refractivity contribution in [2.45, 2.75) is 24.3 Å². The van der Waals surface area contributed by atoms with Crippen molar-refractivity contribution in [3.63, 3.8) is 0 Å². The van der Waals surface area contributed by atoms with Gasteiger partial charge in [0.1, 0.15) is 4.83 Å². The third-order valence-electron chi connectivity index (χ3n) is 5.09. The lowest BCUT2D eigenvalue weighted by Crippen LogP contribution is -2.23. The van der Waals surface area contributed by atoms with Gasteiger partial charge in [0, 0.05) is 22.7 Å². The van der Waals surface area contributed by atoms with Crippen LogP contribution in [0.1, 0.15) is 12.5 Å². The number of aromatic nitrogens is 2. The number of aromatic amines is 1. The summed E-state index contributed by atoms with van der Waals surface area (Å²) in [6, 6.07) is 13.2. The van der Waals surface area contributed by atoms with Crippen LogP contribution in [0.3, 0.4) is 0 Å². The number of ether oxygens (including phenoxy) is 2. The number of benzene rings is 2. The Hall–Kier alpha value is -3.30. The molecule has 0 aliphatic heterocycles. The van der Waals surface area contributed by atoms with E-state index in [-0.39, 0.29) is 11.5 Å². The van der Waals surface area contributed by atoms with Crippen LogP contribution in [0.15, 0.2) is 57.8 Å². The third kappa shape index (κ3) is 4.89. The number of aryl methyl sites for hydroxylation is 1. The highest BCUT2D eigenvalue weighted by Crippen LogP contribution is 2.33. The van der Waals surface area contributed by atoms with E-state index in [1.807, 2.05) is 36.6 Å². The molecule has 1 amide bonds. The first kappa shape index (κ1) is 22.9. The monoisotopic (exact) mass is 481 g/mol. The topological polar surface area (TPSA) is 93.3 Å². The van der Waals surface area contributed by atoms with Crippen molar-refractivity contribution in [3.8, 4) is 22.6 Å². The number of fused-ring (bicyclic) bond motifs is 1. The molecule has 0 bridgehead atoms. The molecule has 4 aromatic rings. The minimum absolute atomic E-state index is 0.216. The molecule has 7 nitrogen and oxygen atoms in total. The number of nitrogens with one attached hydrogen (secondary N) is 2. The van der Waals surface area contributed by atoms with Gasteiger partial charge in [0.2, 0.25) is 5.91 Å². The highest BCUT2D eigenvalue weighted by Gasteiger charge is 2.19. The number of carbonyl (C=O) groups is 1. The smallest absolute Gasteiger partial charge is 0.260 e. The molecule has 2 heterocycles. The van der Waals surface area contributed by atoms with Crippen LogP contribution in [0.25, 0.3) is 21.3 Å². The van der Waals surface area contributed by atoms with Gasteiger partial charge >= 0.3 is 0 Å². The summed E-state index contributed by atoms with van der Waals surface area (Å²) in [5, 5.41) is 5.28. The zero-order valence-electron chi connectivity index (χ0n) is 18.6. The van der Waals surface area contributed by atoms with Gasteiger partial charge in [-0.05, 0) is 31.5 Å². The number of amides is 1. The van der Waals surface area contributed by atoms with Crippen molar-refractivity contribution in [2.24, 2.45) is 0 Å². The molecule has 1 unspecified atom stereocenters. The molecule has 0 saturated carbocycles. The van der Waals surface area contributed by atoms with Crippen molar-refractivity contribution in [3.05, 3.63) is 63.8 Å². The fourth-order valence-electron chi connectivity index (χ4n) is 3.31. The molecule has 0 spiro atoms. The van der Waals surface area contributed by atoms with Crippen LogP contribution in [0, 0.1) is 6.92 Å². The van der Waals surface area contributed by atoms with Crippen LogP contribution >= 0.6 is 23.1 Å². The number of thioether (sulfide) groups is 1. The van der Waals surface area contributed by atoms with E-state index in [4.69, 9.17) is 9.47 Å². The maximum Gasteiger partial charge on any atom is 0.260 e. The Morgan fingerprint density at radius 1 is 1.12 bits per heavy atom. The highest BCUT2D eigenvalue weighted by atomic mass is 32.2. The van der Waals surface area contributed by atoms with Crippen molar-refractivity contribution in [2.75, 3.05) is 19.5 Å². The lowest BCUT2D eigenvalue weighted by atomic mass is 10.1. The molecule has 2 aromatic heterocycles. The van der Waals surface area contributed by atoms with E-state index in [1.165, 1.54) is 30.2 Å². The number of hydrogen-bond acceptors (Lipinski definition) is 7. The van der Waals surface area contributed by atoms with Gasteiger partial charge in [-0.15, -0.1) is 11.3 Å². The van der Waals surface area contributed by atoms with Crippen molar-refractivity contribution in [1.82, 2.24) is 9.97 Å². The van der Waals surface area contributed by atoms with Gasteiger partial charge in [0.25, 0.3) is 5.56 Å². The van der Waals surface area contributed by atoms with E-state index in [0.29, 0.717) is 32.6 Å². The van der Waals surface area contributed by atoms with Gasteiger partial charge in [0.05, 0.1) is 24.9 Å². The summed E-state index contributed by atoms with van der Waals surface area (Å²) in [6.07, 6.45) is 0. The van der Waals surface area contributed by atoms with E-state index < -0.39 is 5.25 Å². The Bertz CT molecular complexity index is 1360. The number of carbonyl (C=O) groups excluding carboxylic acids is 1. The Balaban J connectivity index is 1.52. The van der Waals surface area contributed by atoms with Crippen molar-refractivity contribution in [1.29, 1.82) is 0 Å². The fraction of sp³-hybridized carbons (Fsp3) is 0.208. The van der Waals surface area contributed by atoms with Crippen LogP contribution in [-0.2, 0) is 4.79 Å². The van der Waals surface area contributed by atoms with Gasteiger partial charge < -0.3 is 19.8 Å². The predicted molar refractivity (Wildman–Crippen MR) is 134 cm³/mol. The lowest BCUT2D eigenvalue weighted by molar-refractivity contribution is -0.115. The molecular weight excluding hydrogens is 458 g/mol. The summed E-state index contributed by atoms with van der Waals surface area (Å²) in [6.45, 7) is 3.78. The van der Waals surface area contributed by atoms with Gasteiger partial charge in [-0.3, -0.25) is 9.59 Å². The van der Waals surface area contributed by atoms with Crippen LogP contribution < -0.4 is 20.3 Å². The van der Waals surface area contributed by atoms with Crippen molar-refractivity contribution < 1.29 is 14.3 Å². The Kier molecular flexibility index (Phi) is 6.71. The van der Waals surface area contributed by atoms with Gasteiger partial charge in [-0.2, -0.15) is 0 Å². The molecule has 2 aromatic carbocycles. The molecule has 1 atom stereocenters. The molecule has 4 rings (SSSR count). The number of thiophene rings is 1. The minimum Gasteiger partial charge on any atom is -0.493 e. The summed E-state index contributed by atoms with van der Waals surface area (Å²) in [5.41, 5.74) is 3.36. The normalized spacial score (nSPS) is 11.9. The predicted octanol–water partition coefficient (Wildman–Crippen LogP) is 5.10. The maximum absolute atomic E-state index is 12.9. The van der Waals surface area contributed by atoms with Crippen LogP contribution in [0.5, 0.6) is 11.5 Å². The number of anilines is 1. The first-order chi connectivity index (χ1) is 15.9. The van der Waals surface area contributed by atoms with Crippen molar-refractivity contribution >= 4 is 44.9 Å². The van der Waals surface area contributed by atoms with E-state index in [0.717, 1.165) is 16.7 Å². The molecule has 2 N–H and O–H groups in total. The molecule has 0 radical (unpaired) electrons. The van der Waals surface area contributed by atoms with Crippen LogP contribution in [0.4, 0.5) is 5.69 Å². The van der Waals surface area contributed by atoms with Crippen LogP contribution in [-0.4, -0.2) is 35.3 Å². The minimum atomic E-state index is -0.491. The molecule has 0 saturated heterocycles. The second-order valence-electron chi connectivity index (χ2n) is 7.39. The average Bonchev–Trinajstić information content (AvgIpc) is 3.24.